The summed E-state index contributed by atoms with van der Waals surface area (Å²) in [5, 5.41) is 11.7. The van der Waals surface area contributed by atoms with Crippen molar-refractivity contribution in [3.8, 4) is 11.8 Å². The Morgan fingerprint density at radius 3 is 2.89 bits per heavy atom. The molecule has 0 radical (unpaired) electrons. The lowest BCUT2D eigenvalue weighted by Crippen LogP contribution is -2.04. The van der Waals surface area contributed by atoms with E-state index in [-0.39, 0.29) is 28.6 Å². The average molecular weight is 259 g/mol. The number of nitrogens with zero attached hydrogens (tertiary/aromatic N) is 3. The second-order valence-corrected chi connectivity index (χ2v) is 3.54. The number of rotatable bonds is 3. The first-order chi connectivity index (χ1) is 9.17. The smallest absolute Gasteiger partial charge is 0.204 e. The minimum absolute atomic E-state index is 0.110. The van der Waals surface area contributed by atoms with Gasteiger partial charge in [-0.3, -0.25) is 0 Å². The zero-order valence-electron chi connectivity index (χ0n) is 10.0. The number of benzene rings is 1. The number of hydrogen-bond donors (Lipinski definition) is 2. The molecular formula is C12H10FN5O. The van der Waals surface area contributed by atoms with Crippen molar-refractivity contribution in [3.05, 3.63) is 35.9 Å². The first-order valence-corrected chi connectivity index (χ1v) is 5.27. The number of nitrogens with one attached hydrogen (secondary N) is 1. The molecule has 0 aliphatic heterocycles. The maximum absolute atomic E-state index is 13.5. The zero-order chi connectivity index (χ0) is 13.8. The summed E-state index contributed by atoms with van der Waals surface area (Å²) in [4.78, 5) is 7.73. The van der Waals surface area contributed by atoms with Crippen molar-refractivity contribution in [2.45, 2.75) is 0 Å². The van der Waals surface area contributed by atoms with Gasteiger partial charge in [-0.05, 0) is 12.1 Å². The summed E-state index contributed by atoms with van der Waals surface area (Å²) in [6.45, 7) is 0. The molecule has 1 aromatic heterocycles. The number of ether oxygens (including phenoxy) is 1. The molecule has 1 heterocycles. The van der Waals surface area contributed by atoms with Gasteiger partial charge in [-0.2, -0.15) is 5.26 Å². The van der Waals surface area contributed by atoms with Gasteiger partial charge < -0.3 is 15.8 Å². The molecule has 0 amide bonds. The van der Waals surface area contributed by atoms with Gasteiger partial charge in [-0.25, -0.2) is 14.4 Å². The van der Waals surface area contributed by atoms with Crippen LogP contribution in [-0.2, 0) is 0 Å². The molecule has 7 heteroatoms. The first-order valence-electron chi connectivity index (χ1n) is 5.27. The third-order valence-corrected chi connectivity index (χ3v) is 2.41. The Kier molecular flexibility index (Phi) is 3.43. The molecule has 0 unspecified atom stereocenters. The highest BCUT2D eigenvalue weighted by atomic mass is 19.1. The van der Waals surface area contributed by atoms with Crippen LogP contribution in [0.25, 0.3) is 0 Å². The Balaban J connectivity index is 2.46. The standard InChI is InChI=1S/C12H10FN5O/c1-19-10-11(15)16-6-17-12(10)18-9-4-2-3-8(13)7(9)5-14/h2-4,6H,1H3,(H3,15,16,17,18). The average Bonchev–Trinajstić information content (AvgIpc) is 2.39. The van der Waals surface area contributed by atoms with Crippen molar-refractivity contribution in [2.75, 3.05) is 18.2 Å². The van der Waals surface area contributed by atoms with Gasteiger partial charge in [0.15, 0.2) is 11.6 Å². The molecule has 0 aliphatic rings. The first kappa shape index (κ1) is 12.6. The van der Waals surface area contributed by atoms with Gasteiger partial charge in [0.2, 0.25) is 5.75 Å². The topological polar surface area (TPSA) is 96.8 Å². The highest BCUT2D eigenvalue weighted by Crippen LogP contribution is 2.30. The van der Waals surface area contributed by atoms with Crippen molar-refractivity contribution in [1.29, 1.82) is 5.26 Å². The van der Waals surface area contributed by atoms with Crippen LogP contribution in [0.2, 0.25) is 0 Å². The maximum atomic E-state index is 13.5. The molecule has 0 aliphatic carbocycles. The molecule has 96 valence electrons. The van der Waals surface area contributed by atoms with E-state index < -0.39 is 5.82 Å². The quantitative estimate of drug-likeness (QED) is 0.872. The lowest BCUT2D eigenvalue weighted by molar-refractivity contribution is 0.415. The zero-order valence-corrected chi connectivity index (χ0v) is 10.0. The fourth-order valence-corrected chi connectivity index (χ4v) is 1.55. The molecule has 0 saturated carbocycles. The van der Waals surface area contributed by atoms with E-state index in [9.17, 15) is 4.39 Å². The van der Waals surface area contributed by atoms with Crippen LogP contribution in [0.1, 0.15) is 5.56 Å². The summed E-state index contributed by atoms with van der Waals surface area (Å²) in [5.74, 6) is 0.0242. The van der Waals surface area contributed by atoms with Crippen molar-refractivity contribution >= 4 is 17.3 Å². The molecule has 3 N–H and O–H groups in total. The van der Waals surface area contributed by atoms with E-state index in [1.165, 1.54) is 25.6 Å². The van der Waals surface area contributed by atoms with E-state index in [1.54, 1.807) is 12.1 Å². The number of halogens is 1. The summed E-state index contributed by atoms with van der Waals surface area (Å²) in [7, 11) is 1.41. The molecule has 2 rings (SSSR count). The number of nitriles is 1. The number of anilines is 3. The number of nitrogen functional groups attached to an aromatic ring is 1. The lowest BCUT2D eigenvalue weighted by atomic mass is 10.2. The van der Waals surface area contributed by atoms with Crippen molar-refractivity contribution in [2.24, 2.45) is 0 Å². The highest BCUT2D eigenvalue weighted by molar-refractivity contribution is 5.71. The Morgan fingerprint density at radius 1 is 1.42 bits per heavy atom. The summed E-state index contributed by atoms with van der Waals surface area (Å²) in [5.41, 5.74) is 5.80. The monoisotopic (exact) mass is 259 g/mol. The predicted octanol–water partition coefficient (Wildman–Crippen LogP) is 1.82. The third kappa shape index (κ3) is 2.37. The van der Waals surface area contributed by atoms with Crippen molar-refractivity contribution < 1.29 is 9.13 Å². The molecule has 1 aromatic carbocycles. The number of hydrogen-bond acceptors (Lipinski definition) is 6. The molecule has 2 aromatic rings. The van der Waals surface area contributed by atoms with Crippen molar-refractivity contribution in [1.82, 2.24) is 9.97 Å². The van der Waals surface area contributed by atoms with E-state index in [4.69, 9.17) is 15.7 Å². The Morgan fingerprint density at radius 2 is 2.21 bits per heavy atom. The van der Waals surface area contributed by atoms with E-state index in [2.05, 4.69) is 15.3 Å². The third-order valence-electron chi connectivity index (χ3n) is 2.41. The van der Waals surface area contributed by atoms with Crippen LogP contribution in [0.5, 0.6) is 5.75 Å². The summed E-state index contributed by atoms with van der Waals surface area (Å²) in [6.07, 6.45) is 1.24. The van der Waals surface area contributed by atoms with Crippen LogP contribution in [0.15, 0.2) is 24.5 Å². The summed E-state index contributed by atoms with van der Waals surface area (Å²) >= 11 is 0. The minimum Gasteiger partial charge on any atom is -0.490 e. The second-order valence-electron chi connectivity index (χ2n) is 3.54. The van der Waals surface area contributed by atoms with Crippen LogP contribution in [0.4, 0.5) is 21.7 Å². The van der Waals surface area contributed by atoms with Gasteiger partial charge in [0, 0.05) is 0 Å². The van der Waals surface area contributed by atoms with Crippen LogP contribution in [0.3, 0.4) is 0 Å². The molecule has 0 fully saturated rings. The minimum atomic E-state index is -0.617. The molecular weight excluding hydrogens is 249 g/mol. The molecule has 6 nitrogen and oxygen atoms in total. The second kappa shape index (κ2) is 5.18. The fraction of sp³-hybridized carbons (Fsp3) is 0.0833. The fourth-order valence-electron chi connectivity index (χ4n) is 1.55. The van der Waals surface area contributed by atoms with Crippen LogP contribution in [0, 0.1) is 17.1 Å². The largest absolute Gasteiger partial charge is 0.490 e. The lowest BCUT2D eigenvalue weighted by Gasteiger charge is -2.12. The molecule has 19 heavy (non-hydrogen) atoms. The van der Waals surface area contributed by atoms with Crippen LogP contribution >= 0.6 is 0 Å². The predicted molar refractivity (Wildman–Crippen MR) is 67.4 cm³/mol. The highest BCUT2D eigenvalue weighted by Gasteiger charge is 2.13. The SMILES string of the molecule is COc1c(N)ncnc1Nc1cccc(F)c1C#N. The van der Waals surface area contributed by atoms with Gasteiger partial charge in [-0.15, -0.1) is 0 Å². The Hall–Kier alpha value is -2.88. The van der Waals surface area contributed by atoms with E-state index in [0.717, 1.165) is 0 Å². The van der Waals surface area contributed by atoms with E-state index in [0.29, 0.717) is 0 Å². The Bertz CT molecular complexity index is 653. The summed E-state index contributed by atoms with van der Waals surface area (Å²) < 4.78 is 18.5. The number of nitrogens with two attached hydrogens (primary N) is 1. The van der Waals surface area contributed by atoms with Gasteiger partial charge in [-0.1, -0.05) is 6.07 Å². The van der Waals surface area contributed by atoms with Gasteiger partial charge in [0.1, 0.15) is 23.8 Å². The van der Waals surface area contributed by atoms with Crippen molar-refractivity contribution in [3.63, 3.8) is 0 Å². The van der Waals surface area contributed by atoms with Gasteiger partial charge >= 0.3 is 0 Å². The van der Waals surface area contributed by atoms with Crippen LogP contribution < -0.4 is 15.8 Å². The summed E-state index contributed by atoms with van der Waals surface area (Å²) in [6, 6.07) is 6.02. The molecule has 0 spiro atoms. The molecule has 0 bridgehead atoms. The maximum Gasteiger partial charge on any atom is 0.204 e. The Labute approximate surface area is 108 Å². The van der Waals surface area contributed by atoms with E-state index >= 15 is 0 Å². The molecule has 0 saturated heterocycles. The van der Waals surface area contributed by atoms with Gasteiger partial charge in [0.25, 0.3) is 0 Å². The number of methoxy groups -OCH3 is 1. The molecule has 0 atom stereocenters. The number of aromatic nitrogens is 2. The van der Waals surface area contributed by atoms with Crippen LogP contribution in [-0.4, -0.2) is 17.1 Å². The van der Waals surface area contributed by atoms with E-state index in [1.807, 2.05) is 0 Å². The van der Waals surface area contributed by atoms with Gasteiger partial charge in [0.05, 0.1) is 12.8 Å². The normalized spacial score (nSPS) is 9.74.